The van der Waals surface area contributed by atoms with Crippen LogP contribution in [-0.2, 0) is 4.74 Å². The maximum absolute atomic E-state index is 12.0. The zero-order valence-electron chi connectivity index (χ0n) is 16.2. The quantitative estimate of drug-likeness (QED) is 0.763. The summed E-state index contributed by atoms with van der Waals surface area (Å²) in [6.45, 7) is 15.4. The number of carbonyl (C=O) groups excluding carboxylic acids is 1. The standard InChI is InChI=1S/C19H38N2O2/c1-13(2)15-9-8-10-16(11-15)20-12-17(14(3)4)21-18(22)23-19(5,6)7/h13-17,20H,8-12H2,1-7H3,(H,21,22). The van der Waals surface area contributed by atoms with E-state index in [1.807, 2.05) is 20.8 Å². The summed E-state index contributed by atoms with van der Waals surface area (Å²) in [5, 5.41) is 6.71. The lowest BCUT2D eigenvalue weighted by Gasteiger charge is -2.34. The second-order valence-electron chi connectivity index (χ2n) is 8.77. The normalized spacial score (nSPS) is 23.9. The van der Waals surface area contributed by atoms with E-state index in [2.05, 4.69) is 38.3 Å². The second-order valence-corrected chi connectivity index (χ2v) is 8.77. The van der Waals surface area contributed by atoms with Crippen molar-refractivity contribution in [3.63, 3.8) is 0 Å². The molecule has 4 nitrogen and oxygen atoms in total. The van der Waals surface area contributed by atoms with E-state index in [0.29, 0.717) is 12.0 Å². The molecule has 0 radical (unpaired) electrons. The Balaban J connectivity index is 2.45. The first-order valence-corrected chi connectivity index (χ1v) is 9.31. The van der Waals surface area contributed by atoms with E-state index in [1.54, 1.807) is 0 Å². The second kappa shape index (κ2) is 8.91. The van der Waals surface area contributed by atoms with Gasteiger partial charge in [-0.05, 0) is 51.4 Å². The van der Waals surface area contributed by atoms with Crippen LogP contribution >= 0.6 is 0 Å². The average molecular weight is 327 g/mol. The molecule has 0 heterocycles. The molecule has 1 saturated carbocycles. The predicted octanol–water partition coefficient (Wildman–Crippen LogP) is 4.34. The highest BCUT2D eigenvalue weighted by molar-refractivity contribution is 5.68. The summed E-state index contributed by atoms with van der Waals surface area (Å²) in [4.78, 5) is 12.0. The number of carbonyl (C=O) groups is 1. The first kappa shape index (κ1) is 20.3. The molecule has 4 heteroatoms. The fourth-order valence-corrected chi connectivity index (χ4v) is 3.22. The van der Waals surface area contributed by atoms with Crippen LogP contribution < -0.4 is 10.6 Å². The van der Waals surface area contributed by atoms with Gasteiger partial charge in [-0.3, -0.25) is 0 Å². The first-order chi connectivity index (χ1) is 10.6. The molecule has 0 saturated heterocycles. The van der Waals surface area contributed by atoms with Crippen molar-refractivity contribution in [3.05, 3.63) is 0 Å². The summed E-state index contributed by atoms with van der Waals surface area (Å²) < 4.78 is 5.38. The number of rotatable bonds is 6. The highest BCUT2D eigenvalue weighted by atomic mass is 16.6. The van der Waals surface area contributed by atoms with E-state index in [1.165, 1.54) is 25.7 Å². The monoisotopic (exact) mass is 326 g/mol. The van der Waals surface area contributed by atoms with Gasteiger partial charge in [0.15, 0.2) is 0 Å². The number of amides is 1. The Kier molecular flexibility index (Phi) is 7.85. The fourth-order valence-electron chi connectivity index (χ4n) is 3.22. The summed E-state index contributed by atoms with van der Waals surface area (Å²) in [6.07, 6.45) is 4.86. The molecule has 2 N–H and O–H groups in total. The van der Waals surface area contributed by atoms with E-state index in [9.17, 15) is 4.79 Å². The van der Waals surface area contributed by atoms with Crippen LogP contribution in [0.25, 0.3) is 0 Å². The molecule has 0 aromatic rings. The number of alkyl carbamates (subject to hydrolysis) is 1. The van der Waals surface area contributed by atoms with Crippen LogP contribution in [0.2, 0.25) is 0 Å². The molecule has 0 aromatic heterocycles. The van der Waals surface area contributed by atoms with Gasteiger partial charge in [-0.1, -0.05) is 40.5 Å². The van der Waals surface area contributed by atoms with Gasteiger partial charge in [0.2, 0.25) is 0 Å². The van der Waals surface area contributed by atoms with Crippen LogP contribution in [0.5, 0.6) is 0 Å². The van der Waals surface area contributed by atoms with Crippen molar-refractivity contribution in [2.45, 2.75) is 91.8 Å². The van der Waals surface area contributed by atoms with Crippen molar-refractivity contribution in [2.75, 3.05) is 6.54 Å². The number of hydrogen-bond acceptors (Lipinski definition) is 3. The Labute approximate surface area is 143 Å². The van der Waals surface area contributed by atoms with Crippen LogP contribution in [0.1, 0.15) is 74.1 Å². The summed E-state index contributed by atoms with van der Waals surface area (Å²) in [5.74, 6) is 1.97. The molecule has 3 atom stereocenters. The van der Waals surface area contributed by atoms with Crippen molar-refractivity contribution in [3.8, 4) is 0 Å². The minimum Gasteiger partial charge on any atom is -0.444 e. The first-order valence-electron chi connectivity index (χ1n) is 9.31. The minimum absolute atomic E-state index is 0.101. The third-order valence-electron chi connectivity index (χ3n) is 4.79. The third-order valence-corrected chi connectivity index (χ3v) is 4.79. The molecule has 136 valence electrons. The van der Waals surface area contributed by atoms with Crippen LogP contribution in [0.4, 0.5) is 4.79 Å². The Bertz CT molecular complexity index is 361. The van der Waals surface area contributed by atoms with Gasteiger partial charge in [0.25, 0.3) is 0 Å². The van der Waals surface area contributed by atoms with Crippen LogP contribution in [0.15, 0.2) is 0 Å². The fraction of sp³-hybridized carbons (Fsp3) is 0.947. The van der Waals surface area contributed by atoms with E-state index < -0.39 is 5.60 Å². The van der Waals surface area contributed by atoms with Gasteiger partial charge in [0, 0.05) is 18.6 Å². The van der Waals surface area contributed by atoms with Gasteiger partial charge in [0.1, 0.15) is 5.60 Å². The Morgan fingerprint density at radius 1 is 1.17 bits per heavy atom. The molecule has 0 aliphatic heterocycles. The Hall–Kier alpha value is -0.770. The van der Waals surface area contributed by atoms with Gasteiger partial charge < -0.3 is 15.4 Å². The molecular formula is C19H38N2O2. The SMILES string of the molecule is CC(C)C1CCCC(NCC(NC(=O)OC(C)(C)C)C(C)C)C1. The molecular weight excluding hydrogens is 288 g/mol. The summed E-state index contributed by atoms with van der Waals surface area (Å²) in [7, 11) is 0. The van der Waals surface area contributed by atoms with Crippen LogP contribution in [-0.4, -0.2) is 30.3 Å². The lowest BCUT2D eigenvalue weighted by atomic mass is 9.79. The van der Waals surface area contributed by atoms with E-state index >= 15 is 0 Å². The molecule has 0 spiro atoms. The highest BCUT2D eigenvalue weighted by Gasteiger charge is 2.26. The molecule has 1 aliphatic rings. The van der Waals surface area contributed by atoms with Crippen molar-refractivity contribution < 1.29 is 9.53 Å². The Morgan fingerprint density at radius 2 is 1.83 bits per heavy atom. The third kappa shape index (κ3) is 8.05. The molecule has 0 bridgehead atoms. The van der Waals surface area contributed by atoms with E-state index in [4.69, 9.17) is 4.74 Å². The molecule has 23 heavy (non-hydrogen) atoms. The number of nitrogens with one attached hydrogen (secondary N) is 2. The van der Waals surface area contributed by atoms with Gasteiger partial charge >= 0.3 is 6.09 Å². The van der Waals surface area contributed by atoms with Crippen molar-refractivity contribution in [1.82, 2.24) is 10.6 Å². The lowest BCUT2D eigenvalue weighted by Crippen LogP contribution is -2.49. The predicted molar refractivity (Wildman–Crippen MR) is 96.6 cm³/mol. The van der Waals surface area contributed by atoms with E-state index in [-0.39, 0.29) is 12.1 Å². The van der Waals surface area contributed by atoms with Gasteiger partial charge in [0.05, 0.1) is 0 Å². The van der Waals surface area contributed by atoms with Gasteiger partial charge in [-0.15, -0.1) is 0 Å². The largest absolute Gasteiger partial charge is 0.444 e. The highest BCUT2D eigenvalue weighted by Crippen LogP contribution is 2.29. The van der Waals surface area contributed by atoms with Crippen LogP contribution in [0, 0.1) is 17.8 Å². The number of ether oxygens (including phenoxy) is 1. The zero-order chi connectivity index (χ0) is 17.6. The lowest BCUT2D eigenvalue weighted by molar-refractivity contribution is 0.0488. The molecule has 1 rings (SSSR count). The maximum atomic E-state index is 12.0. The maximum Gasteiger partial charge on any atom is 0.407 e. The summed E-state index contributed by atoms with van der Waals surface area (Å²) >= 11 is 0. The smallest absolute Gasteiger partial charge is 0.407 e. The summed E-state index contributed by atoms with van der Waals surface area (Å²) in [6, 6.07) is 0.683. The van der Waals surface area contributed by atoms with Crippen molar-refractivity contribution in [2.24, 2.45) is 17.8 Å². The molecule has 0 aromatic carbocycles. The van der Waals surface area contributed by atoms with Crippen LogP contribution in [0.3, 0.4) is 0 Å². The average Bonchev–Trinajstić information content (AvgIpc) is 2.41. The van der Waals surface area contributed by atoms with Gasteiger partial charge in [-0.25, -0.2) is 4.79 Å². The minimum atomic E-state index is -0.451. The molecule has 1 fully saturated rings. The molecule has 1 amide bonds. The zero-order valence-corrected chi connectivity index (χ0v) is 16.2. The Morgan fingerprint density at radius 3 is 2.35 bits per heavy atom. The van der Waals surface area contributed by atoms with Crippen molar-refractivity contribution >= 4 is 6.09 Å². The molecule has 1 aliphatic carbocycles. The van der Waals surface area contributed by atoms with Crippen molar-refractivity contribution in [1.29, 1.82) is 0 Å². The summed E-state index contributed by atoms with van der Waals surface area (Å²) in [5.41, 5.74) is -0.451. The van der Waals surface area contributed by atoms with Gasteiger partial charge in [-0.2, -0.15) is 0 Å². The number of hydrogen-bond donors (Lipinski definition) is 2. The topological polar surface area (TPSA) is 50.4 Å². The molecule has 3 unspecified atom stereocenters. The van der Waals surface area contributed by atoms with E-state index in [0.717, 1.165) is 18.4 Å².